The van der Waals surface area contributed by atoms with Gasteiger partial charge in [-0.05, 0) is 35.4 Å². The van der Waals surface area contributed by atoms with Crippen molar-refractivity contribution in [2.24, 2.45) is 0 Å². The third-order valence-corrected chi connectivity index (χ3v) is 7.78. The van der Waals surface area contributed by atoms with E-state index in [4.69, 9.17) is 4.74 Å². The molecular formula is C26H28N4O6S. The number of hydrogen-bond donors (Lipinski definition) is 1. The lowest BCUT2D eigenvalue weighted by atomic mass is 10.1. The van der Waals surface area contributed by atoms with Crippen molar-refractivity contribution in [3.63, 3.8) is 0 Å². The fraction of sp³-hybridized carbons (Fsp3) is 0.269. The van der Waals surface area contributed by atoms with Crippen molar-refractivity contribution in [3.8, 4) is 0 Å². The second-order valence-corrected chi connectivity index (χ2v) is 10.4. The van der Waals surface area contributed by atoms with Crippen LogP contribution in [0.4, 0.5) is 11.4 Å². The first-order valence-corrected chi connectivity index (χ1v) is 13.2. The van der Waals surface area contributed by atoms with Gasteiger partial charge in [0, 0.05) is 38.3 Å². The van der Waals surface area contributed by atoms with Crippen LogP contribution in [0.3, 0.4) is 0 Å². The van der Waals surface area contributed by atoms with Gasteiger partial charge < -0.3 is 10.1 Å². The Bertz CT molecular complexity index is 1310. The smallest absolute Gasteiger partial charge is 0.269 e. The SMILES string of the molecule is O=C(CN(c1ccc([N+](=O)[O-])cc1)S(=O)(=O)c1ccccc1)NCc1ccc(CN2CCOCC2)cc1. The lowest BCUT2D eigenvalue weighted by Crippen LogP contribution is -2.40. The molecule has 3 aromatic rings. The van der Waals surface area contributed by atoms with E-state index in [2.05, 4.69) is 10.2 Å². The number of anilines is 1. The van der Waals surface area contributed by atoms with E-state index < -0.39 is 27.4 Å². The minimum Gasteiger partial charge on any atom is -0.379 e. The Balaban J connectivity index is 1.44. The second kappa shape index (κ2) is 12.0. The zero-order valence-corrected chi connectivity index (χ0v) is 21.0. The zero-order valence-electron chi connectivity index (χ0n) is 20.2. The normalized spacial score (nSPS) is 14.2. The molecule has 0 atom stereocenters. The van der Waals surface area contributed by atoms with Gasteiger partial charge in [-0.25, -0.2) is 8.42 Å². The molecule has 1 heterocycles. The largest absolute Gasteiger partial charge is 0.379 e. The summed E-state index contributed by atoms with van der Waals surface area (Å²) in [6.07, 6.45) is 0. The van der Waals surface area contributed by atoms with E-state index in [1.807, 2.05) is 24.3 Å². The summed E-state index contributed by atoms with van der Waals surface area (Å²) in [5.74, 6) is -0.504. The summed E-state index contributed by atoms with van der Waals surface area (Å²) in [6, 6.07) is 20.7. The average molecular weight is 525 g/mol. The highest BCUT2D eigenvalue weighted by Gasteiger charge is 2.27. The van der Waals surface area contributed by atoms with E-state index in [1.165, 1.54) is 36.4 Å². The number of nitrogens with zero attached hydrogens (tertiary/aromatic N) is 3. The molecule has 1 aliphatic heterocycles. The van der Waals surface area contributed by atoms with Gasteiger partial charge in [0.15, 0.2) is 0 Å². The Morgan fingerprint density at radius 1 is 0.946 bits per heavy atom. The monoisotopic (exact) mass is 524 g/mol. The van der Waals surface area contributed by atoms with Crippen LogP contribution in [-0.2, 0) is 32.6 Å². The predicted octanol–water partition coefficient (Wildman–Crippen LogP) is 2.94. The molecule has 0 aromatic heterocycles. The number of morpholine rings is 1. The lowest BCUT2D eigenvalue weighted by Gasteiger charge is -2.26. The van der Waals surface area contributed by atoms with Crippen molar-refractivity contribution in [2.75, 3.05) is 37.2 Å². The number of ether oxygens (including phenoxy) is 1. The number of nitro groups is 1. The minimum absolute atomic E-state index is 0.0111. The molecule has 10 nitrogen and oxygen atoms in total. The first-order valence-electron chi connectivity index (χ1n) is 11.8. The van der Waals surface area contributed by atoms with E-state index in [-0.39, 0.29) is 22.8 Å². The summed E-state index contributed by atoms with van der Waals surface area (Å²) in [7, 11) is -4.10. The van der Waals surface area contributed by atoms with Crippen LogP contribution in [0.5, 0.6) is 0 Å². The van der Waals surface area contributed by atoms with Crippen molar-refractivity contribution < 1.29 is 22.9 Å². The summed E-state index contributed by atoms with van der Waals surface area (Å²) >= 11 is 0. The Kier molecular flexibility index (Phi) is 8.49. The van der Waals surface area contributed by atoms with Crippen LogP contribution in [-0.4, -0.2) is 57.0 Å². The lowest BCUT2D eigenvalue weighted by molar-refractivity contribution is -0.384. The van der Waals surface area contributed by atoms with Crippen LogP contribution in [0.2, 0.25) is 0 Å². The molecule has 0 bridgehead atoms. The molecule has 1 amide bonds. The summed E-state index contributed by atoms with van der Waals surface area (Å²) in [4.78, 5) is 25.6. The average Bonchev–Trinajstić information content (AvgIpc) is 2.92. The number of carbonyl (C=O) groups excluding carboxylic acids is 1. The van der Waals surface area contributed by atoms with E-state index in [1.54, 1.807) is 18.2 Å². The molecule has 11 heteroatoms. The Morgan fingerprint density at radius 2 is 1.57 bits per heavy atom. The van der Waals surface area contributed by atoms with Gasteiger partial charge in [-0.3, -0.25) is 24.1 Å². The van der Waals surface area contributed by atoms with Crippen molar-refractivity contribution in [1.29, 1.82) is 0 Å². The van der Waals surface area contributed by atoms with Crippen LogP contribution < -0.4 is 9.62 Å². The Morgan fingerprint density at radius 3 is 2.19 bits per heavy atom. The van der Waals surface area contributed by atoms with Crippen LogP contribution in [0.15, 0.2) is 83.8 Å². The third kappa shape index (κ3) is 6.91. The highest BCUT2D eigenvalue weighted by molar-refractivity contribution is 7.92. The summed E-state index contributed by atoms with van der Waals surface area (Å²) in [6.45, 7) is 3.85. The van der Waals surface area contributed by atoms with Crippen LogP contribution in [0, 0.1) is 10.1 Å². The summed E-state index contributed by atoms with van der Waals surface area (Å²) < 4.78 is 33.1. The fourth-order valence-corrected chi connectivity index (χ4v) is 5.38. The van der Waals surface area contributed by atoms with Gasteiger partial charge in [-0.1, -0.05) is 42.5 Å². The molecule has 37 heavy (non-hydrogen) atoms. The van der Waals surface area contributed by atoms with Gasteiger partial charge in [0.1, 0.15) is 6.54 Å². The number of nitrogens with one attached hydrogen (secondary N) is 1. The number of nitro benzene ring substituents is 1. The molecule has 0 radical (unpaired) electrons. The number of hydrogen-bond acceptors (Lipinski definition) is 7. The number of rotatable bonds is 10. The van der Waals surface area contributed by atoms with Gasteiger partial charge in [-0.2, -0.15) is 0 Å². The molecule has 1 aliphatic rings. The van der Waals surface area contributed by atoms with Crippen molar-refractivity contribution >= 4 is 27.3 Å². The number of amides is 1. The molecule has 4 rings (SSSR count). The highest BCUT2D eigenvalue weighted by Crippen LogP contribution is 2.25. The summed E-state index contributed by atoms with van der Waals surface area (Å²) in [5, 5.41) is 13.8. The fourth-order valence-electron chi connectivity index (χ4n) is 3.94. The van der Waals surface area contributed by atoms with Crippen molar-refractivity contribution in [2.45, 2.75) is 18.0 Å². The molecule has 1 N–H and O–H groups in total. The molecule has 194 valence electrons. The Hall–Kier alpha value is -3.80. The van der Waals surface area contributed by atoms with E-state index in [0.29, 0.717) is 0 Å². The van der Waals surface area contributed by atoms with Crippen LogP contribution >= 0.6 is 0 Å². The molecule has 0 unspecified atom stereocenters. The molecular weight excluding hydrogens is 496 g/mol. The molecule has 0 saturated carbocycles. The number of non-ortho nitro benzene ring substituents is 1. The quantitative estimate of drug-likeness (QED) is 0.320. The first kappa shape index (κ1) is 26.3. The number of benzene rings is 3. The van der Waals surface area contributed by atoms with Gasteiger partial charge in [-0.15, -0.1) is 0 Å². The maximum absolute atomic E-state index is 13.4. The van der Waals surface area contributed by atoms with Crippen LogP contribution in [0.1, 0.15) is 11.1 Å². The van der Waals surface area contributed by atoms with Crippen molar-refractivity contribution in [3.05, 3.63) is 100 Å². The first-order chi connectivity index (χ1) is 17.8. The molecule has 0 aliphatic carbocycles. The number of sulfonamides is 1. The highest BCUT2D eigenvalue weighted by atomic mass is 32.2. The van der Waals surface area contributed by atoms with E-state index >= 15 is 0 Å². The second-order valence-electron chi connectivity index (χ2n) is 8.58. The minimum atomic E-state index is -4.10. The maximum atomic E-state index is 13.4. The third-order valence-electron chi connectivity index (χ3n) is 5.99. The van der Waals surface area contributed by atoms with Crippen molar-refractivity contribution in [1.82, 2.24) is 10.2 Å². The van der Waals surface area contributed by atoms with Gasteiger partial charge in [0.25, 0.3) is 15.7 Å². The molecule has 1 fully saturated rings. The van der Waals surface area contributed by atoms with Gasteiger partial charge in [0.05, 0.1) is 28.7 Å². The van der Waals surface area contributed by atoms with E-state index in [0.717, 1.165) is 48.3 Å². The summed E-state index contributed by atoms with van der Waals surface area (Å²) in [5.41, 5.74) is 2.02. The Labute approximate surface area is 215 Å². The molecule has 0 spiro atoms. The maximum Gasteiger partial charge on any atom is 0.269 e. The predicted molar refractivity (Wildman–Crippen MR) is 138 cm³/mol. The van der Waals surface area contributed by atoms with Gasteiger partial charge >= 0.3 is 0 Å². The van der Waals surface area contributed by atoms with Gasteiger partial charge in [0.2, 0.25) is 5.91 Å². The zero-order chi connectivity index (χ0) is 26.3. The molecule has 3 aromatic carbocycles. The van der Waals surface area contributed by atoms with Crippen LogP contribution in [0.25, 0.3) is 0 Å². The standard InChI is InChI=1S/C26H28N4O6S/c31-26(27-18-21-6-8-22(9-7-21)19-28-14-16-36-17-15-28)20-29(23-10-12-24(13-11-23)30(32)33)37(34,35)25-4-2-1-3-5-25/h1-13H,14-20H2,(H,27,31). The molecule has 1 saturated heterocycles. The topological polar surface area (TPSA) is 122 Å². The number of carbonyl (C=O) groups is 1. The van der Waals surface area contributed by atoms with E-state index in [9.17, 15) is 23.3 Å².